The fraction of sp³-hybridized carbons (Fsp3) is 0.688. The topological polar surface area (TPSA) is 60.7 Å². The number of aliphatic hydroxyl groups is 3. The third-order valence-corrected chi connectivity index (χ3v) is 3.07. The Labute approximate surface area is 152 Å². The molecule has 0 aromatic heterocycles. The second-order valence-corrected chi connectivity index (χ2v) is 8.63. The van der Waals surface area contributed by atoms with Gasteiger partial charge in [0, 0.05) is 53.0 Å². The summed E-state index contributed by atoms with van der Waals surface area (Å²) in [7, 11) is -0.480. The van der Waals surface area contributed by atoms with E-state index in [1.165, 1.54) is 0 Å². The molecule has 0 aliphatic heterocycles. The largest absolute Gasteiger partial charge is 0.394 e. The molecular formula is C16H35HfO3Si-. The number of hydrogen-bond donors (Lipinski definition) is 3. The molecule has 1 aromatic rings. The summed E-state index contributed by atoms with van der Waals surface area (Å²) in [6.45, 7) is 15.0. The van der Waals surface area contributed by atoms with E-state index in [2.05, 4.69) is 37.4 Å². The molecular weight excluding hydrogens is 447 g/mol. The van der Waals surface area contributed by atoms with Crippen molar-refractivity contribution in [1.82, 2.24) is 0 Å². The molecule has 0 unspecified atom stereocenters. The summed E-state index contributed by atoms with van der Waals surface area (Å²) < 4.78 is 0. The zero-order valence-corrected chi connectivity index (χ0v) is 19.7. The standard InChI is InChI=1S/C7H11Si.3C3H8O.Hf/c1-8(2)7-5-3-4-6-7;3*1-3(2)4;/h3-6,8H,1-2H3;3*3-4H,1-2H3;/q-1;;;;. The maximum atomic E-state index is 8.06. The summed E-state index contributed by atoms with van der Waals surface area (Å²) >= 11 is 0. The smallest absolute Gasteiger partial charge is 0.0483 e. The van der Waals surface area contributed by atoms with Crippen molar-refractivity contribution < 1.29 is 41.2 Å². The van der Waals surface area contributed by atoms with E-state index < -0.39 is 8.80 Å². The average molecular weight is 482 g/mol. The summed E-state index contributed by atoms with van der Waals surface area (Å²) in [5.74, 6) is 0. The molecule has 0 atom stereocenters. The van der Waals surface area contributed by atoms with Crippen LogP contribution < -0.4 is 5.19 Å². The van der Waals surface area contributed by atoms with E-state index in [0.717, 1.165) is 0 Å². The van der Waals surface area contributed by atoms with Gasteiger partial charge >= 0.3 is 0 Å². The quantitative estimate of drug-likeness (QED) is 0.426. The summed E-state index contributed by atoms with van der Waals surface area (Å²) in [5, 5.41) is 25.7. The van der Waals surface area contributed by atoms with Gasteiger partial charge in [-0.3, -0.25) is 0 Å². The summed E-state index contributed by atoms with van der Waals surface area (Å²) in [4.78, 5) is 0. The van der Waals surface area contributed by atoms with Gasteiger partial charge in [-0.2, -0.15) is 17.3 Å². The minimum Gasteiger partial charge on any atom is -0.394 e. The molecule has 0 fully saturated rings. The van der Waals surface area contributed by atoms with Gasteiger partial charge in [0.1, 0.15) is 0 Å². The van der Waals surface area contributed by atoms with Gasteiger partial charge in [-0.25, -0.2) is 12.1 Å². The van der Waals surface area contributed by atoms with Crippen LogP contribution in [0.2, 0.25) is 13.1 Å². The Morgan fingerprint density at radius 2 is 0.905 bits per heavy atom. The first-order valence-corrected chi connectivity index (χ1v) is 10.1. The van der Waals surface area contributed by atoms with Crippen molar-refractivity contribution in [3.8, 4) is 0 Å². The van der Waals surface area contributed by atoms with Crippen LogP contribution >= 0.6 is 0 Å². The molecule has 126 valence electrons. The molecule has 3 N–H and O–H groups in total. The fourth-order valence-corrected chi connectivity index (χ4v) is 1.77. The zero-order valence-electron chi connectivity index (χ0n) is 15.0. The summed E-state index contributed by atoms with van der Waals surface area (Å²) in [6.07, 6.45) is -0.500. The maximum Gasteiger partial charge on any atom is 0.0483 e. The van der Waals surface area contributed by atoms with Crippen molar-refractivity contribution in [3.63, 3.8) is 0 Å². The van der Waals surface area contributed by atoms with Gasteiger partial charge in [0.25, 0.3) is 0 Å². The Balaban J connectivity index is -0.0000000973. The van der Waals surface area contributed by atoms with Crippen LogP contribution in [0.15, 0.2) is 24.3 Å². The van der Waals surface area contributed by atoms with Gasteiger partial charge in [-0.15, -0.1) is 0 Å². The van der Waals surface area contributed by atoms with E-state index in [1.54, 1.807) is 46.7 Å². The molecule has 3 nitrogen and oxygen atoms in total. The molecule has 1 aromatic carbocycles. The Bertz CT molecular complexity index is 238. The SMILES string of the molecule is CC(C)O.CC(C)O.CC(C)O.C[SiH](C)[c-]1cccc1.[Hf]. The Morgan fingerprint density at radius 1 is 0.714 bits per heavy atom. The fourth-order valence-electron chi connectivity index (χ4n) is 0.774. The van der Waals surface area contributed by atoms with Gasteiger partial charge in [0.05, 0.1) is 0 Å². The molecule has 0 aliphatic rings. The van der Waals surface area contributed by atoms with E-state index >= 15 is 0 Å². The van der Waals surface area contributed by atoms with Gasteiger partial charge in [-0.05, 0) is 41.5 Å². The molecule has 0 saturated heterocycles. The number of hydrogen-bond acceptors (Lipinski definition) is 3. The molecule has 0 saturated carbocycles. The monoisotopic (exact) mass is 483 g/mol. The summed E-state index contributed by atoms with van der Waals surface area (Å²) in [5.41, 5.74) is 0. The van der Waals surface area contributed by atoms with Crippen LogP contribution in [-0.4, -0.2) is 42.4 Å². The van der Waals surface area contributed by atoms with Crippen molar-refractivity contribution in [2.45, 2.75) is 72.9 Å². The van der Waals surface area contributed by atoms with Crippen LogP contribution in [0.4, 0.5) is 0 Å². The van der Waals surface area contributed by atoms with Crippen molar-refractivity contribution >= 4 is 14.0 Å². The first-order chi connectivity index (χ1) is 9.00. The predicted octanol–water partition coefficient (Wildman–Crippen LogP) is 2.26. The van der Waals surface area contributed by atoms with Gasteiger partial charge < -0.3 is 15.3 Å². The Hall–Kier alpha value is 0.317. The normalized spacial score (nSPS) is 9.10. The molecule has 21 heavy (non-hydrogen) atoms. The third-order valence-electron chi connectivity index (χ3n) is 1.36. The molecule has 0 spiro atoms. The summed E-state index contributed by atoms with van der Waals surface area (Å²) in [6, 6.07) is 8.67. The van der Waals surface area contributed by atoms with Crippen molar-refractivity contribution in [2.75, 3.05) is 0 Å². The second kappa shape index (κ2) is 20.3. The van der Waals surface area contributed by atoms with E-state index in [-0.39, 0.29) is 44.2 Å². The minimum atomic E-state index is -0.480. The minimum absolute atomic E-state index is 0. The van der Waals surface area contributed by atoms with Crippen LogP contribution in [0.25, 0.3) is 0 Å². The first kappa shape index (κ1) is 29.3. The molecule has 0 bridgehead atoms. The van der Waals surface area contributed by atoms with Crippen LogP contribution in [-0.2, 0) is 25.8 Å². The zero-order chi connectivity index (χ0) is 16.7. The van der Waals surface area contributed by atoms with Gasteiger partial charge in [-0.1, -0.05) is 13.1 Å². The second-order valence-electron chi connectivity index (χ2n) is 5.65. The molecule has 0 amide bonds. The Kier molecular flexibility index (Phi) is 28.4. The number of rotatable bonds is 1. The van der Waals surface area contributed by atoms with Crippen molar-refractivity contribution in [3.05, 3.63) is 24.3 Å². The Morgan fingerprint density at radius 3 is 1.00 bits per heavy atom. The average Bonchev–Trinajstić information content (AvgIpc) is 2.66. The maximum absolute atomic E-state index is 8.06. The van der Waals surface area contributed by atoms with Gasteiger partial charge in [0.15, 0.2) is 0 Å². The molecule has 0 radical (unpaired) electrons. The predicted molar refractivity (Wildman–Crippen MR) is 92.6 cm³/mol. The van der Waals surface area contributed by atoms with Crippen molar-refractivity contribution in [2.24, 2.45) is 0 Å². The molecule has 5 heteroatoms. The van der Waals surface area contributed by atoms with E-state index in [1.807, 2.05) is 0 Å². The van der Waals surface area contributed by atoms with Crippen LogP contribution in [0.1, 0.15) is 41.5 Å². The van der Waals surface area contributed by atoms with E-state index in [4.69, 9.17) is 15.3 Å². The van der Waals surface area contributed by atoms with Gasteiger partial charge in [0.2, 0.25) is 0 Å². The van der Waals surface area contributed by atoms with Crippen LogP contribution in [0.5, 0.6) is 0 Å². The van der Waals surface area contributed by atoms with E-state index in [0.29, 0.717) is 0 Å². The third kappa shape index (κ3) is 53.2. The van der Waals surface area contributed by atoms with Crippen molar-refractivity contribution in [1.29, 1.82) is 0 Å². The molecule has 0 aliphatic carbocycles. The van der Waals surface area contributed by atoms with Crippen LogP contribution in [0.3, 0.4) is 0 Å². The van der Waals surface area contributed by atoms with E-state index in [9.17, 15) is 0 Å². The number of aliphatic hydroxyl groups excluding tert-OH is 3. The molecule has 1 rings (SSSR count). The van der Waals surface area contributed by atoms with Crippen LogP contribution in [0, 0.1) is 0 Å². The first-order valence-electron chi connectivity index (χ1n) is 7.26. The molecule has 0 heterocycles.